The lowest BCUT2D eigenvalue weighted by molar-refractivity contribution is 0.624. The van der Waals surface area contributed by atoms with Crippen LogP contribution in [-0.4, -0.2) is 14.7 Å². The van der Waals surface area contributed by atoms with Crippen molar-refractivity contribution in [3.05, 3.63) is 18.5 Å². The lowest BCUT2D eigenvalue weighted by atomic mass is 10.1. The Morgan fingerprint density at radius 2 is 1.92 bits per heavy atom. The minimum absolute atomic E-state index is 0.246. The molecular formula is C10H16N2S. The first kappa shape index (κ1) is 10.5. The van der Waals surface area contributed by atoms with Crippen LogP contribution in [0.25, 0.3) is 0 Å². The number of thioether (sulfide) groups is 1. The second kappa shape index (κ2) is 4.61. The van der Waals surface area contributed by atoms with E-state index in [9.17, 15) is 0 Å². The summed E-state index contributed by atoms with van der Waals surface area (Å²) in [6, 6.07) is 1.84. The molecule has 3 heteroatoms. The summed E-state index contributed by atoms with van der Waals surface area (Å²) in [5.41, 5.74) is 0. The molecule has 0 unspecified atom stereocenters. The van der Waals surface area contributed by atoms with Crippen molar-refractivity contribution < 1.29 is 0 Å². The van der Waals surface area contributed by atoms with Crippen LogP contribution in [0.4, 0.5) is 0 Å². The smallest absolute Gasteiger partial charge is 0.187 e. The first-order valence-electron chi connectivity index (χ1n) is 4.60. The van der Waals surface area contributed by atoms with E-state index in [-0.39, 0.29) is 4.75 Å². The van der Waals surface area contributed by atoms with Gasteiger partial charge in [-0.05, 0) is 12.5 Å². The fraction of sp³-hybridized carbons (Fsp3) is 0.600. The third-order valence-corrected chi connectivity index (χ3v) is 2.91. The van der Waals surface area contributed by atoms with E-state index < -0.39 is 0 Å². The van der Waals surface area contributed by atoms with Crippen molar-refractivity contribution in [2.24, 2.45) is 0 Å². The maximum Gasteiger partial charge on any atom is 0.187 e. The minimum atomic E-state index is 0.246. The molecule has 0 aliphatic rings. The normalized spacial score (nSPS) is 11.6. The van der Waals surface area contributed by atoms with Gasteiger partial charge in [0.05, 0.1) is 0 Å². The topological polar surface area (TPSA) is 25.8 Å². The monoisotopic (exact) mass is 196 g/mol. The second-order valence-electron chi connectivity index (χ2n) is 3.64. The molecule has 0 bridgehead atoms. The van der Waals surface area contributed by atoms with E-state index in [1.165, 1.54) is 12.8 Å². The number of hydrogen-bond acceptors (Lipinski definition) is 3. The first-order valence-corrected chi connectivity index (χ1v) is 5.42. The van der Waals surface area contributed by atoms with Gasteiger partial charge in [-0.1, -0.05) is 39.0 Å². The van der Waals surface area contributed by atoms with Crippen LogP contribution < -0.4 is 0 Å². The van der Waals surface area contributed by atoms with Crippen molar-refractivity contribution in [2.75, 3.05) is 0 Å². The Labute approximate surface area is 84.2 Å². The zero-order chi connectivity index (χ0) is 9.73. The van der Waals surface area contributed by atoms with E-state index in [1.54, 1.807) is 24.2 Å². The highest BCUT2D eigenvalue weighted by Gasteiger charge is 2.19. The Balaban J connectivity index is 2.58. The molecule has 1 rings (SSSR count). The first-order chi connectivity index (χ1) is 6.14. The average molecular weight is 196 g/mol. The van der Waals surface area contributed by atoms with Gasteiger partial charge in [0, 0.05) is 17.1 Å². The van der Waals surface area contributed by atoms with Crippen molar-refractivity contribution in [3.63, 3.8) is 0 Å². The van der Waals surface area contributed by atoms with Crippen LogP contribution >= 0.6 is 11.8 Å². The van der Waals surface area contributed by atoms with Gasteiger partial charge in [0.25, 0.3) is 0 Å². The van der Waals surface area contributed by atoms with Gasteiger partial charge in [-0.3, -0.25) is 0 Å². The van der Waals surface area contributed by atoms with Crippen molar-refractivity contribution in [1.29, 1.82) is 0 Å². The zero-order valence-corrected chi connectivity index (χ0v) is 9.27. The second-order valence-corrected chi connectivity index (χ2v) is 5.32. The summed E-state index contributed by atoms with van der Waals surface area (Å²) in [7, 11) is 0. The van der Waals surface area contributed by atoms with E-state index in [4.69, 9.17) is 0 Å². The molecule has 13 heavy (non-hydrogen) atoms. The molecule has 0 N–H and O–H groups in total. The molecule has 0 aliphatic carbocycles. The molecule has 0 spiro atoms. The number of rotatable bonds is 4. The van der Waals surface area contributed by atoms with Crippen LogP contribution in [0.5, 0.6) is 0 Å². The molecule has 72 valence electrons. The highest BCUT2D eigenvalue weighted by atomic mass is 32.2. The third kappa shape index (κ3) is 3.77. The number of hydrogen-bond donors (Lipinski definition) is 0. The predicted molar refractivity (Wildman–Crippen MR) is 56.9 cm³/mol. The van der Waals surface area contributed by atoms with E-state index >= 15 is 0 Å². The summed E-state index contributed by atoms with van der Waals surface area (Å²) in [6.07, 6.45) is 5.97. The van der Waals surface area contributed by atoms with E-state index in [1.807, 2.05) is 6.07 Å². The predicted octanol–water partition coefficient (Wildman–Crippen LogP) is 3.15. The lowest BCUT2D eigenvalue weighted by Gasteiger charge is -2.21. The Kier molecular flexibility index (Phi) is 3.72. The maximum absolute atomic E-state index is 4.20. The number of aromatic nitrogens is 2. The van der Waals surface area contributed by atoms with Gasteiger partial charge in [0.15, 0.2) is 5.16 Å². The van der Waals surface area contributed by atoms with Gasteiger partial charge in [0.2, 0.25) is 0 Å². The van der Waals surface area contributed by atoms with Crippen LogP contribution in [0.3, 0.4) is 0 Å². The van der Waals surface area contributed by atoms with Gasteiger partial charge in [0.1, 0.15) is 0 Å². The SMILES string of the molecule is CCCC(C)(C)Sc1ncccn1. The van der Waals surface area contributed by atoms with E-state index in [0.29, 0.717) is 0 Å². The molecule has 1 heterocycles. The van der Waals surface area contributed by atoms with Crippen LogP contribution in [0.2, 0.25) is 0 Å². The van der Waals surface area contributed by atoms with Crippen LogP contribution in [0, 0.1) is 0 Å². The molecule has 1 aromatic heterocycles. The Hall–Kier alpha value is -0.570. The Morgan fingerprint density at radius 3 is 2.46 bits per heavy atom. The molecule has 0 aromatic carbocycles. The molecule has 0 amide bonds. The van der Waals surface area contributed by atoms with Gasteiger partial charge in [-0.25, -0.2) is 9.97 Å². The summed E-state index contributed by atoms with van der Waals surface area (Å²) in [5, 5.41) is 0.876. The third-order valence-electron chi connectivity index (χ3n) is 1.76. The highest BCUT2D eigenvalue weighted by molar-refractivity contribution is 8.00. The lowest BCUT2D eigenvalue weighted by Crippen LogP contribution is -2.14. The minimum Gasteiger partial charge on any atom is -0.231 e. The van der Waals surface area contributed by atoms with E-state index in [2.05, 4.69) is 30.7 Å². The van der Waals surface area contributed by atoms with Gasteiger partial charge in [-0.15, -0.1) is 0 Å². The maximum atomic E-state index is 4.20. The molecule has 2 nitrogen and oxygen atoms in total. The molecule has 1 aromatic rings. The van der Waals surface area contributed by atoms with Gasteiger partial charge in [-0.2, -0.15) is 0 Å². The van der Waals surface area contributed by atoms with Crippen molar-refractivity contribution in [3.8, 4) is 0 Å². The van der Waals surface area contributed by atoms with Crippen LogP contribution in [-0.2, 0) is 0 Å². The molecule has 0 saturated heterocycles. The van der Waals surface area contributed by atoms with E-state index in [0.717, 1.165) is 5.16 Å². The van der Waals surface area contributed by atoms with Gasteiger partial charge >= 0.3 is 0 Å². The Morgan fingerprint density at radius 1 is 1.31 bits per heavy atom. The van der Waals surface area contributed by atoms with Crippen molar-refractivity contribution in [1.82, 2.24) is 9.97 Å². The van der Waals surface area contributed by atoms with Crippen LogP contribution in [0.15, 0.2) is 23.6 Å². The molecule has 0 radical (unpaired) electrons. The highest BCUT2D eigenvalue weighted by Crippen LogP contribution is 2.33. The summed E-state index contributed by atoms with van der Waals surface area (Å²) in [4.78, 5) is 8.40. The fourth-order valence-electron chi connectivity index (χ4n) is 1.24. The standard InChI is InChI=1S/C10H16N2S/c1-4-6-10(2,3)13-9-11-7-5-8-12-9/h5,7-8H,4,6H2,1-3H3. The number of nitrogens with zero attached hydrogens (tertiary/aromatic N) is 2. The van der Waals surface area contributed by atoms with Crippen molar-refractivity contribution in [2.45, 2.75) is 43.5 Å². The summed E-state index contributed by atoms with van der Waals surface area (Å²) in [6.45, 7) is 6.67. The average Bonchev–Trinajstić information content (AvgIpc) is 2.04. The van der Waals surface area contributed by atoms with Gasteiger partial charge < -0.3 is 0 Å². The summed E-state index contributed by atoms with van der Waals surface area (Å²) in [5.74, 6) is 0. The van der Waals surface area contributed by atoms with Crippen molar-refractivity contribution >= 4 is 11.8 Å². The summed E-state index contributed by atoms with van der Waals surface area (Å²) >= 11 is 1.75. The molecule has 0 atom stereocenters. The molecular weight excluding hydrogens is 180 g/mol. The molecule has 0 saturated carbocycles. The largest absolute Gasteiger partial charge is 0.231 e. The summed E-state index contributed by atoms with van der Waals surface area (Å²) < 4.78 is 0.246. The molecule has 0 aliphatic heterocycles. The van der Waals surface area contributed by atoms with Crippen LogP contribution in [0.1, 0.15) is 33.6 Å². The quantitative estimate of drug-likeness (QED) is 0.546. The zero-order valence-electron chi connectivity index (χ0n) is 8.45. The Bertz CT molecular complexity index is 246. The molecule has 0 fully saturated rings. The fourth-order valence-corrected chi connectivity index (χ4v) is 2.27.